The summed E-state index contributed by atoms with van der Waals surface area (Å²) in [5.74, 6) is 2.92. The zero-order valence-corrected chi connectivity index (χ0v) is 12.9. The molecule has 3 heteroatoms. The van der Waals surface area contributed by atoms with Crippen LogP contribution in [0.5, 0.6) is 0 Å². The third-order valence-electron chi connectivity index (χ3n) is 5.93. The third kappa shape index (κ3) is 3.03. The van der Waals surface area contributed by atoms with Gasteiger partial charge < -0.3 is 10.6 Å². The number of nitrogens with zero attached hydrogens (tertiary/aromatic N) is 1. The maximum Gasteiger partial charge on any atom is 0.225 e. The van der Waals surface area contributed by atoms with Crippen LogP contribution in [0, 0.1) is 23.7 Å². The Hall–Kier alpha value is -0.570. The lowest BCUT2D eigenvalue weighted by Gasteiger charge is -2.43. The van der Waals surface area contributed by atoms with Crippen LogP contribution >= 0.6 is 0 Å². The smallest absolute Gasteiger partial charge is 0.225 e. The summed E-state index contributed by atoms with van der Waals surface area (Å²) in [5.41, 5.74) is 6.12. The van der Waals surface area contributed by atoms with Crippen molar-refractivity contribution in [2.75, 3.05) is 13.1 Å². The monoisotopic (exact) mass is 278 g/mol. The normalized spacial score (nSPS) is 42.1. The average molecular weight is 278 g/mol. The second-order valence-corrected chi connectivity index (χ2v) is 7.65. The Labute approximate surface area is 123 Å². The first kappa shape index (κ1) is 14.4. The Morgan fingerprint density at radius 2 is 1.80 bits per heavy atom. The maximum atomic E-state index is 12.8. The molecule has 5 unspecified atom stereocenters. The van der Waals surface area contributed by atoms with Crippen molar-refractivity contribution >= 4 is 5.91 Å². The highest BCUT2D eigenvalue weighted by Gasteiger charge is 2.37. The molecule has 2 N–H and O–H groups in total. The summed E-state index contributed by atoms with van der Waals surface area (Å²) in [4.78, 5) is 15.0. The highest BCUT2D eigenvalue weighted by atomic mass is 16.2. The molecule has 3 aliphatic rings. The minimum Gasteiger partial charge on any atom is -0.342 e. The molecule has 0 bridgehead atoms. The molecule has 0 aromatic heterocycles. The quantitative estimate of drug-likeness (QED) is 0.801. The number of hydrogen-bond acceptors (Lipinski definition) is 2. The van der Waals surface area contributed by atoms with Gasteiger partial charge in [-0.25, -0.2) is 0 Å². The number of nitrogens with two attached hydrogens (primary N) is 1. The molecule has 1 saturated heterocycles. The number of carbonyl (C=O) groups excluding carboxylic acids is 1. The van der Waals surface area contributed by atoms with Gasteiger partial charge in [0.25, 0.3) is 0 Å². The summed E-state index contributed by atoms with van der Waals surface area (Å²) in [6.45, 7) is 4.27. The van der Waals surface area contributed by atoms with E-state index in [1.807, 2.05) is 0 Å². The Kier molecular flexibility index (Phi) is 4.34. The van der Waals surface area contributed by atoms with Gasteiger partial charge in [-0.15, -0.1) is 0 Å². The summed E-state index contributed by atoms with van der Waals surface area (Å²) in [6.07, 6.45) is 9.82. The molecule has 114 valence electrons. The van der Waals surface area contributed by atoms with Crippen LogP contribution in [0.3, 0.4) is 0 Å². The lowest BCUT2D eigenvalue weighted by Crippen LogP contribution is -2.48. The molecule has 3 rings (SSSR count). The van der Waals surface area contributed by atoms with Gasteiger partial charge in [0.2, 0.25) is 5.91 Å². The van der Waals surface area contributed by atoms with Crippen LogP contribution in [0.2, 0.25) is 0 Å². The highest BCUT2D eigenvalue weighted by Crippen LogP contribution is 2.37. The molecule has 1 heterocycles. The van der Waals surface area contributed by atoms with Gasteiger partial charge in [-0.05, 0) is 49.9 Å². The van der Waals surface area contributed by atoms with Crippen molar-refractivity contribution in [1.29, 1.82) is 0 Å². The summed E-state index contributed by atoms with van der Waals surface area (Å²) in [7, 11) is 0. The highest BCUT2D eigenvalue weighted by molar-refractivity contribution is 5.79. The molecule has 2 aliphatic carbocycles. The van der Waals surface area contributed by atoms with E-state index in [1.54, 1.807) is 0 Å². The van der Waals surface area contributed by atoms with E-state index in [1.165, 1.54) is 32.1 Å². The summed E-state index contributed by atoms with van der Waals surface area (Å²) in [5, 5.41) is 0. The van der Waals surface area contributed by atoms with Crippen LogP contribution in [-0.4, -0.2) is 29.9 Å². The Morgan fingerprint density at radius 1 is 1.05 bits per heavy atom. The van der Waals surface area contributed by atoms with Gasteiger partial charge >= 0.3 is 0 Å². The predicted octanol–water partition coefficient (Wildman–Crippen LogP) is 2.79. The fraction of sp³-hybridized carbons (Fsp3) is 0.941. The molecule has 0 radical (unpaired) electrons. The molecule has 0 aromatic rings. The van der Waals surface area contributed by atoms with E-state index in [4.69, 9.17) is 5.73 Å². The molecule has 20 heavy (non-hydrogen) atoms. The van der Waals surface area contributed by atoms with Gasteiger partial charge in [-0.3, -0.25) is 4.79 Å². The van der Waals surface area contributed by atoms with Crippen molar-refractivity contribution in [2.24, 2.45) is 29.4 Å². The minimum absolute atomic E-state index is 0.203. The van der Waals surface area contributed by atoms with Crippen molar-refractivity contribution in [1.82, 2.24) is 4.90 Å². The molecule has 1 amide bonds. The Morgan fingerprint density at radius 3 is 2.55 bits per heavy atom. The van der Waals surface area contributed by atoms with Crippen molar-refractivity contribution in [2.45, 2.75) is 64.3 Å². The molecular weight excluding hydrogens is 248 g/mol. The molecule has 3 nitrogen and oxygen atoms in total. The van der Waals surface area contributed by atoms with Crippen molar-refractivity contribution in [3.63, 3.8) is 0 Å². The van der Waals surface area contributed by atoms with Crippen LogP contribution < -0.4 is 5.73 Å². The van der Waals surface area contributed by atoms with E-state index in [9.17, 15) is 4.79 Å². The van der Waals surface area contributed by atoms with E-state index in [0.717, 1.165) is 44.2 Å². The lowest BCUT2D eigenvalue weighted by molar-refractivity contribution is -0.140. The van der Waals surface area contributed by atoms with Gasteiger partial charge in [0, 0.05) is 25.0 Å². The minimum atomic E-state index is 0.203. The Bertz CT molecular complexity index is 347. The molecule has 1 aliphatic heterocycles. The number of hydrogen-bond donors (Lipinski definition) is 1. The number of rotatable bonds is 1. The van der Waals surface area contributed by atoms with Crippen LogP contribution in [-0.2, 0) is 4.79 Å². The number of carbonyl (C=O) groups is 1. The molecule has 2 saturated carbocycles. The van der Waals surface area contributed by atoms with Crippen molar-refractivity contribution < 1.29 is 4.79 Å². The summed E-state index contributed by atoms with van der Waals surface area (Å²) in [6, 6.07) is 0.236. The largest absolute Gasteiger partial charge is 0.342 e. The summed E-state index contributed by atoms with van der Waals surface area (Å²) < 4.78 is 0. The number of piperidine rings is 1. The van der Waals surface area contributed by atoms with E-state index in [2.05, 4.69) is 11.8 Å². The molecule has 0 spiro atoms. The molecule has 0 aromatic carbocycles. The van der Waals surface area contributed by atoms with Gasteiger partial charge in [0.1, 0.15) is 0 Å². The van der Waals surface area contributed by atoms with E-state index in [0.29, 0.717) is 11.8 Å². The van der Waals surface area contributed by atoms with Crippen LogP contribution in [0.25, 0.3) is 0 Å². The van der Waals surface area contributed by atoms with E-state index >= 15 is 0 Å². The van der Waals surface area contributed by atoms with Crippen LogP contribution in [0.15, 0.2) is 0 Å². The average Bonchev–Trinajstić information content (AvgIpc) is 2.45. The van der Waals surface area contributed by atoms with Crippen LogP contribution in [0.4, 0.5) is 0 Å². The number of fused-ring (bicyclic) bond motifs is 1. The zero-order valence-electron chi connectivity index (χ0n) is 12.9. The van der Waals surface area contributed by atoms with Gasteiger partial charge in [0.05, 0.1) is 0 Å². The molecule has 5 atom stereocenters. The number of amides is 1. The fourth-order valence-electron chi connectivity index (χ4n) is 4.92. The fourth-order valence-corrected chi connectivity index (χ4v) is 4.92. The zero-order chi connectivity index (χ0) is 14.1. The first-order valence-corrected chi connectivity index (χ1v) is 8.68. The Balaban J connectivity index is 1.59. The molecule has 3 fully saturated rings. The van der Waals surface area contributed by atoms with Crippen LogP contribution in [0.1, 0.15) is 58.3 Å². The van der Waals surface area contributed by atoms with E-state index in [-0.39, 0.29) is 12.0 Å². The van der Waals surface area contributed by atoms with Crippen molar-refractivity contribution in [3.05, 3.63) is 0 Å². The summed E-state index contributed by atoms with van der Waals surface area (Å²) >= 11 is 0. The van der Waals surface area contributed by atoms with Gasteiger partial charge in [-0.2, -0.15) is 0 Å². The number of likely N-dealkylation sites (tertiary alicyclic amines) is 1. The van der Waals surface area contributed by atoms with Crippen molar-refractivity contribution in [3.8, 4) is 0 Å². The first-order valence-electron chi connectivity index (χ1n) is 8.68. The lowest BCUT2D eigenvalue weighted by atomic mass is 9.74. The SMILES string of the molecule is CC1CC(N)CC(C(=O)N2CCC3CCCCC3C2)C1. The molecular formula is C17H30N2O. The second-order valence-electron chi connectivity index (χ2n) is 7.65. The topological polar surface area (TPSA) is 46.3 Å². The van der Waals surface area contributed by atoms with Gasteiger partial charge in [-0.1, -0.05) is 26.2 Å². The van der Waals surface area contributed by atoms with E-state index < -0.39 is 0 Å². The predicted molar refractivity (Wildman–Crippen MR) is 81.1 cm³/mol. The maximum absolute atomic E-state index is 12.8. The standard InChI is InChI=1S/C17H30N2O/c1-12-8-15(10-16(18)9-12)17(20)19-7-6-13-4-2-3-5-14(13)11-19/h12-16H,2-11,18H2,1H3. The second kappa shape index (κ2) is 6.05. The van der Waals surface area contributed by atoms with Gasteiger partial charge in [0.15, 0.2) is 0 Å². The first-order chi connectivity index (χ1) is 9.63. The third-order valence-corrected chi connectivity index (χ3v) is 5.93.